The van der Waals surface area contributed by atoms with Crippen LogP contribution in [-0.4, -0.2) is 39.4 Å². The molecule has 2 N–H and O–H groups in total. The van der Waals surface area contributed by atoms with Crippen molar-refractivity contribution < 1.29 is 24.5 Å². The minimum Gasteiger partial charge on any atom is -0.504 e. The van der Waals surface area contributed by atoms with Crippen LogP contribution in [0.3, 0.4) is 0 Å². The summed E-state index contributed by atoms with van der Waals surface area (Å²) in [6.45, 7) is 0.211. The van der Waals surface area contributed by atoms with Crippen LogP contribution in [0, 0.1) is 0 Å². The summed E-state index contributed by atoms with van der Waals surface area (Å²) in [5.41, 5.74) is 0.498. The molecule has 134 valence electrons. The Morgan fingerprint density at radius 3 is 2.62 bits per heavy atom. The molecule has 0 aromatic heterocycles. The Balaban J connectivity index is 1.66. The summed E-state index contributed by atoms with van der Waals surface area (Å²) in [4.78, 5) is 25.8. The molecule has 0 aliphatic carbocycles. The largest absolute Gasteiger partial charge is 0.504 e. The Hall–Kier alpha value is -2.64. The summed E-state index contributed by atoms with van der Waals surface area (Å²) in [6, 6.07) is 11.1. The summed E-state index contributed by atoms with van der Waals surface area (Å²) in [6.07, 6.45) is 1.49. The van der Waals surface area contributed by atoms with E-state index in [0.29, 0.717) is 16.3 Å². The average Bonchev–Trinajstić information content (AvgIpc) is 2.87. The summed E-state index contributed by atoms with van der Waals surface area (Å²) >= 11 is 6.80. The first-order valence-corrected chi connectivity index (χ1v) is 8.80. The lowest BCUT2D eigenvalue weighted by Crippen LogP contribution is -2.32. The fraction of sp³-hybridized carbons (Fsp3) is 0.111. The van der Waals surface area contributed by atoms with Crippen LogP contribution in [0.4, 0.5) is 4.79 Å². The third-order valence-corrected chi connectivity index (χ3v) is 4.80. The van der Waals surface area contributed by atoms with Crippen LogP contribution in [0.25, 0.3) is 6.08 Å². The highest BCUT2D eigenvalue weighted by molar-refractivity contribution is 8.18. The van der Waals surface area contributed by atoms with Gasteiger partial charge >= 0.3 is 0 Å². The second-order valence-electron chi connectivity index (χ2n) is 5.36. The van der Waals surface area contributed by atoms with Crippen molar-refractivity contribution >= 4 is 40.6 Å². The van der Waals surface area contributed by atoms with Gasteiger partial charge in [0.15, 0.2) is 11.5 Å². The molecule has 3 rings (SSSR count). The number of halogens is 1. The van der Waals surface area contributed by atoms with E-state index >= 15 is 0 Å². The van der Waals surface area contributed by atoms with Crippen LogP contribution in [0.2, 0.25) is 5.02 Å². The van der Waals surface area contributed by atoms with Gasteiger partial charge in [0.05, 0.1) is 16.5 Å². The maximum atomic E-state index is 12.4. The third-order valence-electron chi connectivity index (χ3n) is 3.58. The number of carbonyl (C=O) groups excluding carboxylic acids is 2. The number of benzene rings is 2. The van der Waals surface area contributed by atoms with Crippen molar-refractivity contribution in [3.8, 4) is 17.2 Å². The second-order valence-corrected chi connectivity index (χ2v) is 6.76. The zero-order valence-electron chi connectivity index (χ0n) is 13.4. The first-order chi connectivity index (χ1) is 12.5. The SMILES string of the molecule is O=C1S/C(=C\c2ccc(O)c(O)c2)C(=O)N1CCOc1ccccc1Cl. The number of thioether (sulfide) groups is 1. The van der Waals surface area contributed by atoms with Gasteiger partial charge in [-0.15, -0.1) is 0 Å². The molecule has 26 heavy (non-hydrogen) atoms. The molecule has 0 saturated carbocycles. The van der Waals surface area contributed by atoms with E-state index in [9.17, 15) is 19.8 Å². The first-order valence-electron chi connectivity index (χ1n) is 7.60. The number of rotatable bonds is 5. The molecule has 0 unspecified atom stereocenters. The van der Waals surface area contributed by atoms with Gasteiger partial charge in [-0.25, -0.2) is 0 Å². The van der Waals surface area contributed by atoms with Crippen LogP contribution < -0.4 is 4.74 Å². The van der Waals surface area contributed by atoms with Gasteiger partial charge < -0.3 is 14.9 Å². The minimum absolute atomic E-state index is 0.0913. The molecule has 0 bridgehead atoms. The maximum absolute atomic E-state index is 12.4. The molecule has 1 aliphatic heterocycles. The van der Waals surface area contributed by atoms with E-state index in [1.165, 1.54) is 24.3 Å². The number of phenols is 2. The molecular weight excluding hydrogens is 378 g/mol. The van der Waals surface area contributed by atoms with Crippen molar-refractivity contribution in [2.24, 2.45) is 0 Å². The number of nitrogens with zero attached hydrogens (tertiary/aromatic N) is 1. The monoisotopic (exact) mass is 391 g/mol. The second kappa shape index (κ2) is 7.72. The number of carbonyl (C=O) groups is 2. The van der Waals surface area contributed by atoms with Gasteiger partial charge in [-0.2, -0.15) is 0 Å². The normalized spacial score (nSPS) is 15.7. The number of amides is 2. The number of para-hydroxylation sites is 1. The van der Waals surface area contributed by atoms with Crippen molar-refractivity contribution in [1.29, 1.82) is 0 Å². The quantitative estimate of drug-likeness (QED) is 0.594. The Kier molecular flexibility index (Phi) is 5.39. The zero-order valence-corrected chi connectivity index (χ0v) is 15.0. The third kappa shape index (κ3) is 3.95. The van der Waals surface area contributed by atoms with Crippen LogP contribution in [0.15, 0.2) is 47.4 Å². The molecule has 1 aliphatic rings. The van der Waals surface area contributed by atoms with Crippen LogP contribution >= 0.6 is 23.4 Å². The van der Waals surface area contributed by atoms with E-state index in [1.807, 2.05) is 0 Å². The molecule has 1 fully saturated rings. The van der Waals surface area contributed by atoms with E-state index in [2.05, 4.69) is 0 Å². The van der Waals surface area contributed by atoms with Gasteiger partial charge in [0.1, 0.15) is 12.4 Å². The lowest BCUT2D eigenvalue weighted by Gasteiger charge is -2.13. The van der Waals surface area contributed by atoms with E-state index in [0.717, 1.165) is 16.7 Å². The number of aromatic hydroxyl groups is 2. The van der Waals surface area contributed by atoms with E-state index in [4.69, 9.17) is 16.3 Å². The Bertz CT molecular complexity index is 899. The molecule has 0 spiro atoms. The molecular formula is C18H14ClNO5S. The number of hydrogen-bond donors (Lipinski definition) is 2. The molecule has 6 nitrogen and oxygen atoms in total. The summed E-state index contributed by atoms with van der Waals surface area (Å²) < 4.78 is 5.51. The molecule has 0 radical (unpaired) electrons. The van der Waals surface area contributed by atoms with Gasteiger partial charge in [-0.3, -0.25) is 14.5 Å². The Morgan fingerprint density at radius 1 is 1.12 bits per heavy atom. The number of ether oxygens (including phenoxy) is 1. The van der Waals surface area contributed by atoms with Gasteiger partial charge in [0, 0.05) is 0 Å². The van der Waals surface area contributed by atoms with Crippen molar-refractivity contribution in [1.82, 2.24) is 4.90 Å². The lowest BCUT2D eigenvalue weighted by molar-refractivity contribution is -0.123. The smallest absolute Gasteiger partial charge is 0.293 e. The standard InChI is InChI=1S/C18H14ClNO5S/c19-12-3-1-2-4-15(12)25-8-7-20-17(23)16(26-18(20)24)10-11-5-6-13(21)14(22)9-11/h1-6,9-10,21-22H,7-8H2/b16-10-. The number of imide groups is 1. The highest BCUT2D eigenvalue weighted by Gasteiger charge is 2.34. The summed E-state index contributed by atoms with van der Waals surface area (Å²) in [7, 11) is 0. The van der Waals surface area contributed by atoms with E-state index in [1.54, 1.807) is 24.3 Å². The predicted octanol–water partition coefficient (Wildman–Crippen LogP) is 3.87. The van der Waals surface area contributed by atoms with Crippen molar-refractivity contribution in [2.45, 2.75) is 0 Å². The first kappa shape index (κ1) is 18.2. The average molecular weight is 392 g/mol. The number of hydrogen-bond acceptors (Lipinski definition) is 6. The van der Waals surface area contributed by atoms with Gasteiger partial charge in [0.25, 0.3) is 11.1 Å². The fourth-order valence-corrected chi connectivity index (χ4v) is 3.34. The molecule has 2 amide bonds. The van der Waals surface area contributed by atoms with Crippen molar-refractivity contribution in [2.75, 3.05) is 13.2 Å². The molecule has 0 atom stereocenters. The maximum Gasteiger partial charge on any atom is 0.293 e. The molecule has 8 heteroatoms. The van der Waals surface area contributed by atoms with Gasteiger partial charge in [-0.05, 0) is 47.7 Å². The van der Waals surface area contributed by atoms with Crippen LogP contribution in [-0.2, 0) is 4.79 Å². The topological polar surface area (TPSA) is 87.1 Å². The van der Waals surface area contributed by atoms with Crippen LogP contribution in [0.5, 0.6) is 17.2 Å². The predicted molar refractivity (Wildman–Crippen MR) is 99.4 cm³/mol. The van der Waals surface area contributed by atoms with E-state index in [-0.39, 0.29) is 29.6 Å². The fourth-order valence-electron chi connectivity index (χ4n) is 2.28. The Labute approximate surface area is 158 Å². The number of phenolic OH excluding ortho intramolecular Hbond substituents is 2. The van der Waals surface area contributed by atoms with E-state index < -0.39 is 11.1 Å². The summed E-state index contributed by atoms with van der Waals surface area (Å²) in [5, 5.41) is 18.9. The zero-order chi connectivity index (χ0) is 18.7. The van der Waals surface area contributed by atoms with Crippen molar-refractivity contribution in [3.63, 3.8) is 0 Å². The molecule has 2 aromatic rings. The van der Waals surface area contributed by atoms with Gasteiger partial charge in [-0.1, -0.05) is 29.8 Å². The minimum atomic E-state index is -0.435. The Morgan fingerprint density at radius 2 is 1.88 bits per heavy atom. The highest BCUT2D eigenvalue weighted by Crippen LogP contribution is 2.33. The molecule has 2 aromatic carbocycles. The molecule has 1 saturated heterocycles. The molecule has 1 heterocycles. The highest BCUT2D eigenvalue weighted by atomic mass is 35.5. The van der Waals surface area contributed by atoms with Crippen LogP contribution in [0.1, 0.15) is 5.56 Å². The van der Waals surface area contributed by atoms with Crippen molar-refractivity contribution in [3.05, 3.63) is 58.0 Å². The van der Waals surface area contributed by atoms with Gasteiger partial charge in [0.2, 0.25) is 0 Å². The summed E-state index contributed by atoms with van der Waals surface area (Å²) in [5.74, 6) is -0.510. The lowest BCUT2D eigenvalue weighted by atomic mass is 10.2.